The van der Waals surface area contributed by atoms with Crippen LogP contribution in [0.1, 0.15) is 73.7 Å². The van der Waals surface area contributed by atoms with Crippen LogP contribution in [0.2, 0.25) is 0 Å². The summed E-state index contributed by atoms with van der Waals surface area (Å²) in [5.74, 6) is -0.305. The number of nitrogens with zero attached hydrogens (tertiary/aromatic N) is 2. The van der Waals surface area contributed by atoms with E-state index in [0.717, 1.165) is 11.1 Å². The number of aryl methyl sites for hydroxylation is 1. The summed E-state index contributed by atoms with van der Waals surface area (Å²) in [6, 6.07) is 23.1. The van der Waals surface area contributed by atoms with Gasteiger partial charge in [-0.3, -0.25) is 9.59 Å². The van der Waals surface area contributed by atoms with Gasteiger partial charge >= 0.3 is 0 Å². The first-order valence-corrected chi connectivity index (χ1v) is 16.7. The number of benzene rings is 3. The number of fused-ring (bicyclic) bond motifs is 2. The van der Waals surface area contributed by atoms with Crippen LogP contribution >= 0.6 is 0 Å². The topological polar surface area (TPSA) is 64.5 Å². The number of anilines is 1. The molecule has 6 heteroatoms. The Hall–Kier alpha value is -4.97. The minimum Gasteiger partial charge on any atom is -0.352 e. The highest BCUT2D eigenvalue weighted by atomic mass is 16.2. The summed E-state index contributed by atoms with van der Waals surface area (Å²) in [6.07, 6.45) is 9.51. The van der Waals surface area contributed by atoms with Gasteiger partial charge in [0, 0.05) is 65.8 Å². The molecular weight excluding hydrogens is 592 g/mol. The third-order valence-corrected chi connectivity index (χ3v) is 9.76. The monoisotopic (exact) mass is 641 g/mol. The van der Waals surface area contributed by atoms with Gasteiger partial charge in [-0.2, -0.15) is 4.58 Å². The van der Waals surface area contributed by atoms with Gasteiger partial charge in [0.15, 0.2) is 5.71 Å². The first-order chi connectivity index (χ1) is 22.7. The van der Waals surface area contributed by atoms with Gasteiger partial charge in [-0.25, -0.2) is 0 Å². The van der Waals surface area contributed by atoms with Crippen LogP contribution in [0.25, 0.3) is 5.57 Å². The molecule has 5 rings (SSSR count). The molecule has 0 saturated carbocycles. The number of amides is 2. The van der Waals surface area contributed by atoms with Gasteiger partial charge in [-0.1, -0.05) is 74.5 Å². The van der Waals surface area contributed by atoms with Crippen LogP contribution in [0.15, 0.2) is 109 Å². The molecule has 2 aliphatic rings. The molecular formula is C42H49N4O2+. The SMILES string of the molecule is C=C(C)C(=O)NCCCNC(=O)c1ccc(C(=C\C=C2\N(C)c3ccc(C)cc3C2(C)C)/C=C/C2=[N+](C)c3ccccc3C2(C)C)cc1. The lowest BCUT2D eigenvalue weighted by Crippen LogP contribution is -2.30. The van der Waals surface area contributed by atoms with E-state index in [0.29, 0.717) is 30.6 Å². The number of carbonyl (C=O) groups is 2. The van der Waals surface area contributed by atoms with Gasteiger partial charge in [-0.05, 0) is 81.2 Å². The van der Waals surface area contributed by atoms with E-state index in [1.807, 2.05) is 24.3 Å². The lowest BCUT2D eigenvalue weighted by Gasteiger charge is -2.24. The predicted molar refractivity (Wildman–Crippen MR) is 199 cm³/mol. The van der Waals surface area contributed by atoms with Crippen LogP contribution in [0.5, 0.6) is 0 Å². The van der Waals surface area contributed by atoms with Crippen molar-refractivity contribution in [1.29, 1.82) is 0 Å². The maximum Gasteiger partial charge on any atom is 0.251 e. The number of nitrogens with one attached hydrogen (secondary N) is 2. The van der Waals surface area contributed by atoms with Gasteiger partial charge in [0.1, 0.15) is 7.05 Å². The molecule has 2 aliphatic heterocycles. The van der Waals surface area contributed by atoms with E-state index in [2.05, 4.69) is 142 Å². The van der Waals surface area contributed by atoms with Crippen molar-refractivity contribution in [3.8, 4) is 0 Å². The molecule has 3 aromatic carbocycles. The Morgan fingerprint density at radius 1 is 0.896 bits per heavy atom. The summed E-state index contributed by atoms with van der Waals surface area (Å²) in [5.41, 5.74) is 11.7. The largest absolute Gasteiger partial charge is 0.352 e. The number of rotatable bonds is 10. The van der Waals surface area contributed by atoms with Crippen molar-refractivity contribution < 1.29 is 14.2 Å². The first-order valence-electron chi connectivity index (χ1n) is 16.7. The molecule has 0 radical (unpaired) electrons. The summed E-state index contributed by atoms with van der Waals surface area (Å²) >= 11 is 0. The second-order valence-corrected chi connectivity index (χ2v) is 14.0. The van der Waals surface area contributed by atoms with Crippen LogP contribution < -0.4 is 15.5 Å². The van der Waals surface area contributed by atoms with Gasteiger partial charge in [0.25, 0.3) is 5.91 Å². The Kier molecular flexibility index (Phi) is 9.76. The summed E-state index contributed by atoms with van der Waals surface area (Å²) in [7, 11) is 4.28. The molecule has 0 bridgehead atoms. The Bertz CT molecular complexity index is 1890. The number of carbonyl (C=O) groups excluding carboxylic acids is 2. The maximum absolute atomic E-state index is 12.9. The number of para-hydroxylation sites is 1. The summed E-state index contributed by atoms with van der Waals surface area (Å²) in [5, 5.41) is 5.75. The summed E-state index contributed by atoms with van der Waals surface area (Å²) in [6.45, 7) is 17.5. The van der Waals surface area contributed by atoms with Crippen molar-refractivity contribution in [1.82, 2.24) is 10.6 Å². The molecule has 0 fully saturated rings. The lowest BCUT2D eigenvalue weighted by atomic mass is 9.81. The molecule has 0 saturated heterocycles. The van der Waals surface area contributed by atoms with Crippen LogP contribution in [0.3, 0.4) is 0 Å². The molecule has 2 heterocycles. The van der Waals surface area contributed by atoms with Crippen molar-refractivity contribution in [2.24, 2.45) is 0 Å². The fourth-order valence-corrected chi connectivity index (χ4v) is 6.90. The standard InChI is InChI=1S/C42H48N4O2/c1-28(2)39(47)43-25-12-26-44-40(48)32-18-16-30(17-19-32)31(20-23-37-41(4,5)33-13-10-11-14-35(33)45(37)8)21-24-38-42(6,7)34-27-29(3)15-22-36(34)46(38)9/h10-11,13-24,27H,1,12,25-26H2,2-9H3,(H-,43,44,47,48)/p+1. The Balaban J connectivity index is 1.43. The van der Waals surface area contributed by atoms with Crippen molar-refractivity contribution in [3.05, 3.63) is 137 Å². The number of hydrogen-bond acceptors (Lipinski definition) is 3. The van der Waals surface area contributed by atoms with Crippen molar-refractivity contribution in [3.63, 3.8) is 0 Å². The van der Waals surface area contributed by atoms with Crippen LogP contribution in [-0.2, 0) is 15.6 Å². The number of likely N-dealkylation sites (N-methyl/N-ethyl adjacent to an activating group) is 1. The molecule has 248 valence electrons. The number of allylic oxidation sites excluding steroid dienone is 6. The van der Waals surface area contributed by atoms with Crippen molar-refractivity contribution in [2.75, 3.05) is 32.1 Å². The molecule has 0 aromatic heterocycles. The highest BCUT2D eigenvalue weighted by Gasteiger charge is 2.42. The van der Waals surface area contributed by atoms with Crippen LogP contribution in [-0.4, -0.2) is 49.3 Å². The third kappa shape index (κ3) is 6.70. The average molecular weight is 642 g/mol. The quantitative estimate of drug-likeness (QED) is 0.103. The summed E-state index contributed by atoms with van der Waals surface area (Å²) in [4.78, 5) is 26.9. The second kappa shape index (κ2) is 13.6. The molecule has 0 atom stereocenters. The third-order valence-electron chi connectivity index (χ3n) is 9.76. The first kappa shape index (κ1) is 34.4. The van der Waals surface area contributed by atoms with Crippen LogP contribution in [0, 0.1) is 6.92 Å². The Morgan fingerprint density at radius 3 is 2.25 bits per heavy atom. The molecule has 6 nitrogen and oxygen atoms in total. The molecule has 0 spiro atoms. The van der Waals surface area contributed by atoms with Gasteiger partial charge < -0.3 is 15.5 Å². The van der Waals surface area contributed by atoms with Gasteiger partial charge in [0.05, 0.1) is 5.41 Å². The molecule has 0 unspecified atom stereocenters. The van der Waals surface area contributed by atoms with Crippen molar-refractivity contribution in [2.45, 2.75) is 58.8 Å². The minimum absolute atomic E-state index is 0.138. The molecule has 48 heavy (non-hydrogen) atoms. The van der Waals surface area contributed by atoms with E-state index >= 15 is 0 Å². The van der Waals surface area contributed by atoms with Crippen molar-refractivity contribution >= 4 is 34.5 Å². The minimum atomic E-state index is -0.167. The second-order valence-electron chi connectivity index (χ2n) is 14.0. The van der Waals surface area contributed by atoms with Crippen LogP contribution in [0.4, 0.5) is 11.4 Å². The number of hydrogen-bond donors (Lipinski definition) is 2. The van der Waals surface area contributed by atoms with E-state index in [9.17, 15) is 9.59 Å². The molecule has 3 aromatic rings. The van der Waals surface area contributed by atoms with Gasteiger partial charge in [0.2, 0.25) is 11.6 Å². The normalized spacial score (nSPS) is 17.1. The smallest absolute Gasteiger partial charge is 0.251 e. The van der Waals surface area contributed by atoms with E-state index < -0.39 is 0 Å². The highest BCUT2D eigenvalue weighted by Crippen LogP contribution is 2.47. The zero-order valence-corrected chi connectivity index (χ0v) is 29.7. The Labute approximate surface area is 286 Å². The molecule has 2 amide bonds. The maximum atomic E-state index is 12.9. The highest BCUT2D eigenvalue weighted by molar-refractivity contribution is 6.04. The van der Waals surface area contributed by atoms with E-state index in [1.54, 1.807) is 6.92 Å². The fourth-order valence-electron chi connectivity index (χ4n) is 6.90. The molecule has 2 N–H and O–H groups in total. The van der Waals surface area contributed by atoms with Gasteiger partial charge in [-0.15, -0.1) is 0 Å². The van der Waals surface area contributed by atoms with E-state index in [-0.39, 0.29) is 22.6 Å². The predicted octanol–water partition coefficient (Wildman–Crippen LogP) is 7.76. The average Bonchev–Trinajstić information content (AvgIpc) is 3.37. The molecule has 0 aliphatic carbocycles. The van der Waals surface area contributed by atoms with E-state index in [4.69, 9.17) is 0 Å². The lowest BCUT2D eigenvalue weighted by molar-refractivity contribution is -0.401. The summed E-state index contributed by atoms with van der Waals surface area (Å²) < 4.78 is 2.28. The van der Waals surface area contributed by atoms with E-state index in [1.165, 1.54) is 39.5 Å². The fraction of sp³-hybridized carbons (Fsp3) is 0.310. The zero-order valence-electron chi connectivity index (χ0n) is 29.7. The Morgan fingerprint density at radius 2 is 1.56 bits per heavy atom. The zero-order chi connectivity index (χ0) is 34.8.